The van der Waals surface area contributed by atoms with Crippen molar-refractivity contribution in [3.8, 4) is 0 Å². The average molecular weight is 264 g/mol. The first-order valence-electron chi connectivity index (χ1n) is 6.15. The first-order valence-corrected chi connectivity index (χ1v) is 6.15. The number of aliphatic carboxylic acids is 1. The number of aromatic nitrogens is 2. The number of anilines is 1. The van der Waals surface area contributed by atoms with Crippen LogP contribution in [0.2, 0.25) is 0 Å². The van der Waals surface area contributed by atoms with Crippen LogP contribution in [0.25, 0.3) is 0 Å². The SMILES string of the molecule is NC(=O)c1nccnc1N1CCC(CC(=O)O)CC1. The van der Waals surface area contributed by atoms with Gasteiger partial charge in [0.25, 0.3) is 5.91 Å². The fourth-order valence-electron chi connectivity index (χ4n) is 2.33. The van der Waals surface area contributed by atoms with Gasteiger partial charge in [-0.1, -0.05) is 0 Å². The molecule has 1 aromatic heterocycles. The zero-order chi connectivity index (χ0) is 13.8. The summed E-state index contributed by atoms with van der Waals surface area (Å²) in [5.41, 5.74) is 5.43. The smallest absolute Gasteiger partial charge is 0.303 e. The van der Waals surface area contributed by atoms with Gasteiger partial charge in [0.05, 0.1) is 0 Å². The summed E-state index contributed by atoms with van der Waals surface area (Å²) in [7, 11) is 0. The van der Waals surface area contributed by atoms with Gasteiger partial charge in [-0.2, -0.15) is 0 Å². The fourth-order valence-corrected chi connectivity index (χ4v) is 2.33. The molecule has 0 unspecified atom stereocenters. The Balaban J connectivity index is 2.05. The number of amides is 1. The Labute approximate surface area is 110 Å². The molecule has 7 nitrogen and oxygen atoms in total. The van der Waals surface area contributed by atoms with Crippen LogP contribution >= 0.6 is 0 Å². The predicted octanol–water partition coefficient (Wildman–Crippen LogP) is 0.267. The highest BCUT2D eigenvalue weighted by molar-refractivity contribution is 5.95. The van der Waals surface area contributed by atoms with Crippen LogP contribution in [-0.4, -0.2) is 40.0 Å². The summed E-state index contributed by atoms with van der Waals surface area (Å²) in [6.07, 6.45) is 4.67. The topological polar surface area (TPSA) is 109 Å². The lowest BCUT2D eigenvalue weighted by molar-refractivity contribution is -0.138. The number of carbonyl (C=O) groups is 2. The summed E-state index contributed by atoms with van der Waals surface area (Å²) >= 11 is 0. The van der Waals surface area contributed by atoms with Gasteiger partial charge < -0.3 is 15.7 Å². The quantitative estimate of drug-likeness (QED) is 0.807. The summed E-state index contributed by atoms with van der Waals surface area (Å²) in [6.45, 7) is 1.33. The van der Waals surface area contributed by atoms with Gasteiger partial charge >= 0.3 is 5.97 Å². The lowest BCUT2D eigenvalue weighted by atomic mass is 9.93. The molecule has 2 rings (SSSR count). The molecule has 0 bridgehead atoms. The molecule has 7 heteroatoms. The van der Waals surface area contributed by atoms with Gasteiger partial charge in [-0.15, -0.1) is 0 Å². The average Bonchev–Trinajstić information content (AvgIpc) is 2.39. The largest absolute Gasteiger partial charge is 0.481 e. The number of nitrogens with zero attached hydrogens (tertiary/aromatic N) is 3. The Morgan fingerprint density at radius 2 is 1.95 bits per heavy atom. The first kappa shape index (κ1) is 13.3. The maximum absolute atomic E-state index is 11.3. The molecule has 0 spiro atoms. The van der Waals surface area contributed by atoms with E-state index >= 15 is 0 Å². The Morgan fingerprint density at radius 3 is 2.53 bits per heavy atom. The molecule has 0 saturated carbocycles. The van der Waals surface area contributed by atoms with Gasteiger partial charge in [0, 0.05) is 31.9 Å². The van der Waals surface area contributed by atoms with E-state index in [1.807, 2.05) is 4.90 Å². The number of carboxylic acids is 1. The minimum absolute atomic E-state index is 0.166. The number of hydrogen-bond donors (Lipinski definition) is 2. The van der Waals surface area contributed by atoms with Crippen LogP contribution in [0.1, 0.15) is 29.8 Å². The number of carboxylic acid groups (broad SMARTS) is 1. The maximum atomic E-state index is 11.3. The van der Waals surface area contributed by atoms with E-state index in [-0.39, 0.29) is 18.0 Å². The van der Waals surface area contributed by atoms with Crippen molar-refractivity contribution in [2.24, 2.45) is 11.7 Å². The molecular formula is C12H16N4O3. The van der Waals surface area contributed by atoms with Gasteiger partial charge in [0.1, 0.15) is 0 Å². The van der Waals surface area contributed by atoms with Crippen LogP contribution < -0.4 is 10.6 Å². The van der Waals surface area contributed by atoms with Crippen molar-refractivity contribution in [1.82, 2.24) is 9.97 Å². The van der Waals surface area contributed by atoms with Crippen molar-refractivity contribution < 1.29 is 14.7 Å². The van der Waals surface area contributed by atoms with Gasteiger partial charge in [0.2, 0.25) is 0 Å². The third-order valence-electron chi connectivity index (χ3n) is 3.29. The number of piperidine rings is 1. The molecule has 1 amide bonds. The first-order chi connectivity index (χ1) is 9.08. The number of nitrogens with two attached hydrogens (primary N) is 1. The lowest BCUT2D eigenvalue weighted by Gasteiger charge is -2.32. The Kier molecular flexibility index (Phi) is 3.94. The van der Waals surface area contributed by atoms with Gasteiger partial charge in [-0.3, -0.25) is 9.59 Å². The van der Waals surface area contributed by atoms with Crippen molar-refractivity contribution in [3.05, 3.63) is 18.1 Å². The van der Waals surface area contributed by atoms with Crippen molar-refractivity contribution in [3.63, 3.8) is 0 Å². The van der Waals surface area contributed by atoms with Gasteiger partial charge in [-0.05, 0) is 18.8 Å². The summed E-state index contributed by atoms with van der Waals surface area (Å²) in [5.74, 6) is -0.697. The molecule has 102 valence electrons. The summed E-state index contributed by atoms with van der Waals surface area (Å²) in [4.78, 5) is 32.0. The van der Waals surface area contributed by atoms with Crippen LogP contribution in [0.5, 0.6) is 0 Å². The molecule has 0 atom stereocenters. The monoisotopic (exact) mass is 264 g/mol. The highest BCUT2D eigenvalue weighted by Gasteiger charge is 2.24. The fraction of sp³-hybridized carbons (Fsp3) is 0.500. The summed E-state index contributed by atoms with van der Waals surface area (Å²) in [5, 5.41) is 8.77. The van der Waals surface area contributed by atoms with Crippen molar-refractivity contribution >= 4 is 17.7 Å². The normalized spacial score (nSPS) is 16.3. The molecule has 0 aliphatic carbocycles. The minimum Gasteiger partial charge on any atom is -0.481 e. The Hall–Kier alpha value is -2.18. The maximum Gasteiger partial charge on any atom is 0.303 e. The highest BCUT2D eigenvalue weighted by Crippen LogP contribution is 2.25. The van der Waals surface area contributed by atoms with E-state index in [1.54, 1.807) is 0 Å². The van der Waals surface area contributed by atoms with Crippen molar-refractivity contribution in [2.45, 2.75) is 19.3 Å². The molecule has 0 aromatic carbocycles. The third-order valence-corrected chi connectivity index (χ3v) is 3.29. The second kappa shape index (κ2) is 5.64. The van der Waals surface area contributed by atoms with E-state index in [0.29, 0.717) is 18.9 Å². The van der Waals surface area contributed by atoms with E-state index in [4.69, 9.17) is 10.8 Å². The van der Waals surface area contributed by atoms with Gasteiger partial charge in [0.15, 0.2) is 11.5 Å². The molecule has 19 heavy (non-hydrogen) atoms. The highest BCUT2D eigenvalue weighted by atomic mass is 16.4. The molecule has 1 saturated heterocycles. The van der Waals surface area contributed by atoms with E-state index in [9.17, 15) is 9.59 Å². The molecule has 1 fully saturated rings. The molecule has 3 N–H and O–H groups in total. The number of primary amides is 1. The van der Waals surface area contributed by atoms with E-state index < -0.39 is 11.9 Å². The molecule has 1 aromatic rings. The minimum atomic E-state index is -0.768. The second-order valence-electron chi connectivity index (χ2n) is 4.62. The van der Waals surface area contributed by atoms with Crippen LogP contribution in [-0.2, 0) is 4.79 Å². The molecular weight excluding hydrogens is 248 g/mol. The molecule has 1 aliphatic rings. The zero-order valence-electron chi connectivity index (χ0n) is 10.5. The zero-order valence-corrected chi connectivity index (χ0v) is 10.5. The van der Waals surface area contributed by atoms with E-state index in [1.165, 1.54) is 12.4 Å². The van der Waals surface area contributed by atoms with Crippen molar-refractivity contribution in [1.29, 1.82) is 0 Å². The van der Waals surface area contributed by atoms with Crippen LogP contribution in [0.15, 0.2) is 12.4 Å². The van der Waals surface area contributed by atoms with E-state index in [0.717, 1.165) is 12.8 Å². The molecule has 0 radical (unpaired) electrons. The van der Waals surface area contributed by atoms with Gasteiger partial charge in [-0.25, -0.2) is 9.97 Å². The standard InChI is InChI=1S/C12H16N4O3/c13-11(19)10-12(15-4-3-14-10)16-5-1-8(2-6-16)7-9(17)18/h3-4,8H,1-2,5-7H2,(H2,13,19)(H,17,18). The van der Waals surface area contributed by atoms with Crippen LogP contribution in [0, 0.1) is 5.92 Å². The number of rotatable bonds is 4. The van der Waals surface area contributed by atoms with E-state index in [2.05, 4.69) is 9.97 Å². The Bertz CT molecular complexity index is 484. The third kappa shape index (κ3) is 3.18. The number of hydrogen-bond acceptors (Lipinski definition) is 5. The van der Waals surface area contributed by atoms with Crippen LogP contribution in [0.3, 0.4) is 0 Å². The predicted molar refractivity (Wildman–Crippen MR) is 67.7 cm³/mol. The summed E-state index contributed by atoms with van der Waals surface area (Å²) < 4.78 is 0. The van der Waals surface area contributed by atoms with Crippen LogP contribution in [0.4, 0.5) is 5.82 Å². The molecule has 2 heterocycles. The van der Waals surface area contributed by atoms with Crippen molar-refractivity contribution in [2.75, 3.05) is 18.0 Å². The number of carbonyl (C=O) groups excluding carboxylic acids is 1. The summed E-state index contributed by atoms with van der Waals surface area (Å²) in [6, 6.07) is 0. The second-order valence-corrected chi connectivity index (χ2v) is 4.62. The Morgan fingerprint density at radius 1 is 1.32 bits per heavy atom. The molecule has 1 aliphatic heterocycles. The lowest BCUT2D eigenvalue weighted by Crippen LogP contribution is -2.36.